The summed E-state index contributed by atoms with van der Waals surface area (Å²) in [6.07, 6.45) is 2.11. The lowest BCUT2D eigenvalue weighted by atomic mass is 9.83. The molecule has 32 heavy (non-hydrogen) atoms. The van der Waals surface area contributed by atoms with Gasteiger partial charge in [0.05, 0.1) is 19.6 Å². The van der Waals surface area contributed by atoms with Crippen molar-refractivity contribution in [2.75, 3.05) is 40.2 Å². The number of carboxylic acids is 1. The van der Waals surface area contributed by atoms with Crippen LogP contribution in [-0.4, -0.2) is 56.2 Å². The van der Waals surface area contributed by atoms with Crippen molar-refractivity contribution < 1.29 is 28.8 Å². The molecule has 0 amide bonds. The van der Waals surface area contributed by atoms with Crippen molar-refractivity contribution in [1.82, 2.24) is 4.90 Å². The van der Waals surface area contributed by atoms with Crippen molar-refractivity contribution >= 4 is 5.97 Å². The number of nitrogens with zero attached hydrogens (tertiary/aromatic N) is 1. The topological polar surface area (TPSA) is 77.5 Å². The van der Waals surface area contributed by atoms with Crippen LogP contribution in [0.2, 0.25) is 0 Å². The number of hydrogen-bond acceptors (Lipinski definition) is 6. The average molecular weight is 442 g/mol. The number of ether oxygens (including phenoxy) is 4. The summed E-state index contributed by atoms with van der Waals surface area (Å²) in [5.41, 5.74) is 1.92. The van der Waals surface area contributed by atoms with Gasteiger partial charge in [0.2, 0.25) is 6.79 Å². The lowest BCUT2D eigenvalue weighted by Gasteiger charge is -2.27. The van der Waals surface area contributed by atoms with E-state index in [4.69, 9.17) is 18.9 Å². The van der Waals surface area contributed by atoms with Gasteiger partial charge in [0.25, 0.3) is 0 Å². The van der Waals surface area contributed by atoms with Gasteiger partial charge in [0, 0.05) is 31.7 Å². The molecule has 3 atom stereocenters. The van der Waals surface area contributed by atoms with Crippen LogP contribution in [-0.2, 0) is 9.53 Å². The Labute approximate surface area is 188 Å². The number of unbranched alkanes of at least 4 members (excludes halogenated alkanes) is 1. The summed E-state index contributed by atoms with van der Waals surface area (Å²) in [6.45, 7) is 4.93. The highest BCUT2D eigenvalue weighted by Gasteiger charge is 2.47. The van der Waals surface area contributed by atoms with Crippen molar-refractivity contribution in [1.29, 1.82) is 0 Å². The Kier molecular flexibility index (Phi) is 7.17. The molecule has 2 aromatic carbocycles. The van der Waals surface area contributed by atoms with Crippen LogP contribution in [0.5, 0.6) is 17.2 Å². The number of hydrogen-bond donors (Lipinski definition) is 1. The van der Waals surface area contributed by atoms with Crippen LogP contribution in [0.4, 0.5) is 0 Å². The third-order valence-corrected chi connectivity index (χ3v) is 6.33. The Balaban J connectivity index is 1.63. The molecule has 0 spiro atoms. The van der Waals surface area contributed by atoms with E-state index in [1.807, 2.05) is 42.5 Å². The normalized spacial score (nSPS) is 22.2. The highest BCUT2D eigenvalue weighted by molar-refractivity contribution is 5.74. The first-order valence-electron chi connectivity index (χ1n) is 11.2. The molecular formula is C25H31NO6. The lowest BCUT2D eigenvalue weighted by Crippen LogP contribution is -2.31. The number of carboxylic acid groups (broad SMARTS) is 1. The number of benzene rings is 2. The van der Waals surface area contributed by atoms with Crippen LogP contribution in [0, 0.1) is 5.92 Å². The van der Waals surface area contributed by atoms with Crippen molar-refractivity contribution in [3.63, 3.8) is 0 Å². The largest absolute Gasteiger partial charge is 0.497 e. The van der Waals surface area contributed by atoms with E-state index in [0.29, 0.717) is 31.2 Å². The maximum atomic E-state index is 12.5. The van der Waals surface area contributed by atoms with Crippen LogP contribution >= 0.6 is 0 Å². The SMILES string of the molecule is CCCCOCCN1C[C@H](c2ccc(OC)cc2)[C@H](C(=O)O)[C@H]1c1ccc2c(c1)OCO2. The number of aliphatic carboxylic acids is 1. The minimum absolute atomic E-state index is 0.149. The number of methoxy groups -OCH3 is 1. The van der Waals surface area contributed by atoms with Gasteiger partial charge in [-0.25, -0.2) is 0 Å². The molecule has 0 unspecified atom stereocenters. The second kappa shape index (κ2) is 10.2. The predicted octanol–water partition coefficient (Wildman–Crippen LogP) is 4.08. The Bertz CT molecular complexity index is 915. The van der Waals surface area contributed by atoms with Gasteiger partial charge < -0.3 is 24.1 Å². The van der Waals surface area contributed by atoms with Gasteiger partial charge in [0.15, 0.2) is 11.5 Å². The number of likely N-dealkylation sites (tertiary alicyclic amines) is 1. The zero-order chi connectivity index (χ0) is 22.5. The van der Waals surface area contributed by atoms with Gasteiger partial charge in [-0.2, -0.15) is 0 Å². The summed E-state index contributed by atoms with van der Waals surface area (Å²) in [6, 6.07) is 13.2. The smallest absolute Gasteiger partial charge is 0.309 e. The predicted molar refractivity (Wildman–Crippen MR) is 119 cm³/mol. The molecule has 172 valence electrons. The fourth-order valence-electron chi connectivity index (χ4n) is 4.67. The Morgan fingerprint density at radius 1 is 1.09 bits per heavy atom. The van der Waals surface area contributed by atoms with Gasteiger partial charge in [-0.15, -0.1) is 0 Å². The van der Waals surface area contributed by atoms with Crippen LogP contribution in [0.1, 0.15) is 42.9 Å². The van der Waals surface area contributed by atoms with Crippen LogP contribution < -0.4 is 14.2 Å². The summed E-state index contributed by atoms with van der Waals surface area (Å²) >= 11 is 0. The zero-order valence-electron chi connectivity index (χ0n) is 18.7. The first kappa shape index (κ1) is 22.4. The maximum absolute atomic E-state index is 12.5. The molecule has 0 aliphatic carbocycles. The molecule has 2 heterocycles. The number of fused-ring (bicyclic) bond motifs is 1. The van der Waals surface area contributed by atoms with E-state index in [2.05, 4.69) is 11.8 Å². The third-order valence-electron chi connectivity index (χ3n) is 6.33. The van der Waals surface area contributed by atoms with Crippen LogP contribution in [0.3, 0.4) is 0 Å². The van der Waals surface area contributed by atoms with E-state index in [-0.39, 0.29) is 18.8 Å². The molecular weight excluding hydrogens is 410 g/mol. The summed E-state index contributed by atoms with van der Waals surface area (Å²) in [5.74, 6) is 0.567. The minimum atomic E-state index is -0.803. The molecule has 2 aromatic rings. The van der Waals surface area contributed by atoms with E-state index < -0.39 is 11.9 Å². The molecule has 7 heteroatoms. The summed E-state index contributed by atoms with van der Waals surface area (Å²) < 4.78 is 22.1. The molecule has 1 N–H and O–H groups in total. The van der Waals surface area contributed by atoms with E-state index in [0.717, 1.165) is 36.3 Å². The highest BCUT2D eigenvalue weighted by atomic mass is 16.7. The zero-order valence-corrected chi connectivity index (χ0v) is 18.7. The lowest BCUT2D eigenvalue weighted by molar-refractivity contribution is -0.143. The van der Waals surface area contributed by atoms with Gasteiger partial charge in [-0.05, 0) is 41.8 Å². The quantitative estimate of drug-likeness (QED) is 0.557. The highest BCUT2D eigenvalue weighted by Crippen LogP contribution is 2.47. The molecule has 2 aliphatic rings. The number of rotatable bonds is 10. The summed E-state index contributed by atoms with van der Waals surface area (Å²) in [5, 5.41) is 10.3. The van der Waals surface area contributed by atoms with Gasteiger partial charge in [0.1, 0.15) is 5.75 Å². The fraction of sp³-hybridized carbons (Fsp3) is 0.480. The molecule has 1 fully saturated rings. The van der Waals surface area contributed by atoms with Crippen molar-refractivity contribution in [3.8, 4) is 17.2 Å². The molecule has 1 saturated heterocycles. The molecule has 7 nitrogen and oxygen atoms in total. The molecule has 0 saturated carbocycles. The molecule has 0 bridgehead atoms. The molecule has 0 aromatic heterocycles. The second-order valence-electron chi connectivity index (χ2n) is 8.26. The monoisotopic (exact) mass is 441 g/mol. The Morgan fingerprint density at radius 2 is 1.84 bits per heavy atom. The molecule has 0 radical (unpaired) electrons. The first-order valence-corrected chi connectivity index (χ1v) is 11.2. The van der Waals surface area contributed by atoms with E-state index in [1.165, 1.54) is 0 Å². The van der Waals surface area contributed by atoms with E-state index in [9.17, 15) is 9.90 Å². The molecule has 4 rings (SSSR count). The fourth-order valence-corrected chi connectivity index (χ4v) is 4.67. The van der Waals surface area contributed by atoms with Gasteiger partial charge in [-0.1, -0.05) is 31.5 Å². The minimum Gasteiger partial charge on any atom is -0.497 e. The third kappa shape index (κ3) is 4.69. The maximum Gasteiger partial charge on any atom is 0.309 e. The summed E-state index contributed by atoms with van der Waals surface area (Å²) in [7, 11) is 1.63. The standard InChI is InChI=1S/C25H31NO6/c1-3-4-12-30-13-11-26-15-20(17-5-8-19(29-2)9-6-17)23(25(27)28)24(26)18-7-10-21-22(14-18)32-16-31-21/h5-10,14,20,23-24H,3-4,11-13,15-16H2,1-2H3,(H,27,28)/t20-,23+,24-/m1/s1. The van der Waals surface area contributed by atoms with Crippen molar-refractivity contribution in [2.24, 2.45) is 5.92 Å². The first-order chi connectivity index (χ1) is 15.6. The van der Waals surface area contributed by atoms with Gasteiger partial charge in [-0.3, -0.25) is 9.69 Å². The average Bonchev–Trinajstić information content (AvgIpc) is 3.43. The Morgan fingerprint density at radius 3 is 2.56 bits per heavy atom. The molecule has 2 aliphatic heterocycles. The van der Waals surface area contributed by atoms with E-state index >= 15 is 0 Å². The summed E-state index contributed by atoms with van der Waals surface area (Å²) in [4.78, 5) is 14.8. The Hall–Kier alpha value is -2.77. The van der Waals surface area contributed by atoms with Crippen molar-refractivity contribution in [2.45, 2.75) is 31.7 Å². The van der Waals surface area contributed by atoms with Crippen LogP contribution in [0.15, 0.2) is 42.5 Å². The number of carbonyl (C=O) groups is 1. The second-order valence-corrected chi connectivity index (χ2v) is 8.26. The van der Waals surface area contributed by atoms with Gasteiger partial charge >= 0.3 is 5.97 Å². The van der Waals surface area contributed by atoms with Crippen molar-refractivity contribution in [3.05, 3.63) is 53.6 Å². The van der Waals surface area contributed by atoms with Crippen LogP contribution in [0.25, 0.3) is 0 Å². The van der Waals surface area contributed by atoms with E-state index in [1.54, 1.807) is 7.11 Å².